The van der Waals surface area contributed by atoms with Gasteiger partial charge in [-0.05, 0) is 180 Å². The number of para-hydroxylation sites is 2. The van der Waals surface area contributed by atoms with Crippen LogP contribution in [0.5, 0.6) is 0 Å². The SMILES string of the molecule is c1ccc(-c2cccc(N(c3ccccc3)c3cc(-c4ccc(-c5ccc6oc7c8cc9ccccc9cc8ccc7c6c5)cc4)cc(N(c4ccccc4)c4ccc5c(c4)-c4ccccc4C5(c4ccccc4)c4ccccc4)c3)c2)cc1. The monoisotopic (exact) mass is 1070 g/mol. The predicted octanol–water partition coefficient (Wildman–Crippen LogP) is 22.2. The average Bonchev–Trinajstić information content (AvgIpc) is 1.66. The van der Waals surface area contributed by atoms with Crippen molar-refractivity contribution in [2.45, 2.75) is 5.41 Å². The summed E-state index contributed by atoms with van der Waals surface area (Å²) in [5.41, 5.74) is 21.9. The van der Waals surface area contributed by atoms with E-state index >= 15 is 0 Å². The first kappa shape index (κ1) is 48.9. The molecule has 1 heterocycles. The summed E-state index contributed by atoms with van der Waals surface area (Å²) in [6, 6.07) is 120. The van der Waals surface area contributed by atoms with Crippen molar-refractivity contribution in [2.75, 3.05) is 9.80 Å². The van der Waals surface area contributed by atoms with Gasteiger partial charge in [0.1, 0.15) is 11.2 Å². The maximum absolute atomic E-state index is 6.68. The fraction of sp³-hybridized carbons (Fsp3) is 0.0123. The molecule has 1 aliphatic carbocycles. The first-order valence-electron chi connectivity index (χ1n) is 28.9. The summed E-state index contributed by atoms with van der Waals surface area (Å²) in [5, 5.41) is 6.97. The van der Waals surface area contributed by atoms with Crippen LogP contribution in [0.25, 0.3) is 88.0 Å². The zero-order valence-corrected chi connectivity index (χ0v) is 46.0. The van der Waals surface area contributed by atoms with E-state index in [2.05, 4.69) is 337 Å². The lowest BCUT2D eigenvalue weighted by Crippen LogP contribution is -2.28. The minimum Gasteiger partial charge on any atom is -0.455 e. The highest BCUT2D eigenvalue weighted by Gasteiger charge is 2.46. The second-order valence-electron chi connectivity index (χ2n) is 22.0. The average molecular weight is 1070 g/mol. The Balaban J connectivity index is 0.874. The molecule has 14 aromatic carbocycles. The van der Waals surface area contributed by atoms with Gasteiger partial charge < -0.3 is 14.2 Å². The van der Waals surface area contributed by atoms with Crippen molar-refractivity contribution < 1.29 is 4.42 Å². The summed E-state index contributed by atoms with van der Waals surface area (Å²) < 4.78 is 6.68. The maximum atomic E-state index is 6.68. The Bertz CT molecular complexity index is 4900. The molecule has 0 unspecified atom stereocenters. The van der Waals surface area contributed by atoms with Crippen LogP contribution in [0.1, 0.15) is 22.3 Å². The molecule has 0 fully saturated rings. The lowest BCUT2D eigenvalue weighted by molar-refractivity contribution is 0.673. The zero-order valence-electron chi connectivity index (χ0n) is 46.0. The van der Waals surface area contributed by atoms with Crippen LogP contribution in [0.15, 0.2) is 332 Å². The molecule has 3 heteroatoms. The van der Waals surface area contributed by atoms with E-state index < -0.39 is 5.41 Å². The third-order valence-corrected chi connectivity index (χ3v) is 17.2. The number of furan rings is 1. The van der Waals surface area contributed by atoms with Gasteiger partial charge in [-0.15, -0.1) is 0 Å². The highest BCUT2D eigenvalue weighted by molar-refractivity contribution is 6.17. The molecule has 16 rings (SSSR count). The Labute approximate surface area is 488 Å². The van der Waals surface area contributed by atoms with Gasteiger partial charge in [0, 0.05) is 50.3 Å². The summed E-state index contributed by atoms with van der Waals surface area (Å²) in [6.45, 7) is 0. The molecule has 394 valence electrons. The molecule has 0 bridgehead atoms. The Morgan fingerprint density at radius 3 is 1.39 bits per heavy atom. The molecule has 84 heavy (non-hydrogen) atoms. The van der Waals surface area contributed by atoms with Gasteiger partial charge in [0.2, 0.25) is 0 Å². The molecule has 0 saturated carbocycles. The number of hydrogen-bond donors (Lipinski definition) is 0. The highest BCUT2D eigenvalue weighted by Crippen LogP contribution is 2.57. The third kappa shape index (κ3) is 8.20. The Morgan fingerprint density at radius 1 is 0.238 bits per heavy atom. The second-order valence-corrected chi connectivity index (χ2v) is 22.0. The molecule has 0 spiro atoms. The second kappa shape index (κ2) is 20.2. The van der Waals surface area contributed by atoms with Gasteiger partial charge >= 0.3 is 0 Å². The van der Waals surface area contributed by atoms with Gasteiger partial charge in [-0.3, -0.25) is 0 Å². The van der Waals surface area contributed by atoms with Gasteiger partial charge in [0.15, 0.2) is 0 Å². The molecule has 0 aliphatic heterocycles. The van der Waals surface area contributed by atoms with Crippen LogP contribution in [0, 0.1) is 0 Å². The van der Waals surface area contributed by atoms with E-state index in [1.165, 1.54) is 55.1 Å². The first-order valence-corrected chi connectivity index (χ1v) is 28.9. The van der Waals surface area contributed by atoms with Crippen molar-refractivity contribution in [1.29, 1.82) is 0 Å². The predicted molar refractivity (Wildman–Crippen MR) is 352 cm³/mol. The van der Waals surface area contributed by atoms with Crippen LogP contribution in [0.3, 0.4) is 0 Å². The molecule has 0 N–H and O–H groups in total. The Hall–Kier alpha value is -11.0. The molecule has 3 nitrogen and oxygen atoms in total. The summed E-state index contributed by atoms with van der Waals surface area (Å²) in [5.74, 6) is 0. The first-order chi connectivity index (χ1) is 41.6. The smallest absolute Gasteiger partial charge is 0.143 e. The molecular formula is C81H54N2O. The van der Waals surface area contributed by atoms with Gasteiger partial charge in [0.05, 0.1) is 5.41 Å². The third-order valence-electron chi connectivity index (χ3n) is 17.2. The number of nitrogens with zero attached hydrogens (tertiary/aromatic N) is 2. The lowest BCUT2D eigenvalue weighted by atomic mass is 9.68. The van der Waals surface area contributed by atoms with Crippen LogP contribution < -0.4 is 9.80 Å². The molecule has 0 saturated heterocycles. The van der Waals surface area contributed by atoms with E-state index in [0.29, 0.717) is 0 Å². The topological polar surface area (TPSA) is 19.6 Å². The van der Waals surface area contributed by atoms with Crippen LogP contribution in [0.4, 0.5) is 34.1 Å². The molecule has 0 atom stereocenters. The molecule has 15 aromatic rings. The minimum absolute atomic E-state index is 0.517. The fourth-order valence-corrected chi connectivity index (χ4v) is 13.4. The molecule has 0 amide bonds. The number of anilines is 6. The number of fused-ring (bicyclic) bond motifs is 9. The van der Waals surface area contributed by atoms with E-state index in [1.54, 1.807) is 0 Å². The summed E-state index contributed by atoms with van der Waals surface area (Å²) in [4.78, 5) is 4.84. The van der Waals surface area contributed by atoms with Crippen LogP contribution in [-0.2, 0) is 5.41 Å². The van der Waals surface area contributed by atoms with Crippen molar-refractivity contribution >= 4 is 77.6 Å². The van der Waals surface area contributed by atoms with Crippen LogP contribution in [-0.4, -0.2) is 0 Å². The van der Waals surface area contributed by atoms with E-state index in [4.69, 9.17) is 4.42 Å². The molecule has 1 aliphatic rings. The number of benzene rings is 14. The molecule has 0 radical (unpaired) electrons. The Morgan fingerprint density at radius 2 is 0.726 bits per heavy atom. The normalized spacial score (nSPS) is 12.4. The number of rotatable bonds is 11. The number of hydrogen-bond acceptors (Lipinski definition) is 3. The van der Waals surface area contributed by atoms with E-state index in [9.17, 15) is 0 Å². The van der Waals surface area contributed by atoms with Crippen LogP contribution >= 0.6 is 0 Å². The fourth-order valence-electron chi connectivity index (χ4n) is 13.4. The van der Waals surface area contributed by atoms with Gasteiger partial charge in [-0.2, -0.15) is 0 Å². The highest BCUT2D eigenvalue weighted by atomic mass is 16.3. The summed E-state index contributed by atoms with van der Waals surface area (Å²) >= 11 is 0. The van der Waals surface area contributed by atoms with E-state index in [1.807, 2.05) is 0 Å². The lowest BCUT2D eigenvalue weighted by Gasteiger charge is -2.34. The minimum atomic E-state index is -0.517. The van der Waals surface area contributed by atoms with Crippen LogP contribution in [0.2, 0.25) is 0 Å². The molecular weight excluding hydrogens is 1020 g/mol. The van der Waals surface area contributed by atoms with Gasteiger partial charge in [0.25, 0.3) is 0 Å². The van der Waals surface area contributed by atoms with Crippen molar-refractivity contribution in [3.8, 4) is 44.5 Å². The van der Waals surface area contributed by atoms with E-state index in [0.717, 1.165) is 89.3 Å². The quantitative estimate of drug-likeness (QED) is 0.120. The largest absolute Gasteiger partial charge is 0.455 e. The standard InChI is InChI=1S/C81H54N2O/c1-6-21-55(22-7-1)59-25-20-34-68(48-59)82(66-30-12-4-13-31-66)70-49-63(57-39-37-56(38-40-57)61-42-46-79-76(52-61)73-44-41-62-47-58-23-16-17-24-60(58)51-74(62)80(73)84-79)50-71(53-70)83(67-32-14-5-15-33-67)69-43-45-78-75(54-69)72-35-18-19-36-77(72)81(78,64-26-8-2-9-27-64)65-28-10-3-11-29-65/h1-54H. The zero-order chi connectivity index (χ0) is 55.6. The maximum Gasteiger partial charge on any atom is 0.143 e. The summed E-state index contributed by atoms with van der Waals surface area (Å²) in [6.07, 6.45) is 0. The Kier molecular flexibility index (Phi) is 11.8. The van der Waals surface area contributed by atoms with Crippen molar-refractivity contribution in [3.05, 3.63) is 350 Å². The van der Waals surface area contributed by atoms with E-state index in [-0.39, 0.29) is 0 Å². The van der Waals surface area contributed by atoms with Crippen molar-refractivity contribution in [2.24, 2.45) is 0 Å². The van der Waals surface area contributed by atoms with Crippen molar-refractivity contribution in [1.82, 2.24) is 0 Å². The summed E-state index contributed by atoms with van der Waals surface area (Å²) in [7, 11) is 0. The van der Waals surface area contributed by atoms with Gasteiger partial charge in [-0.25, -0.2) is 0 Å². The van der Waals surface area contributed by atoms with Crippen molar-refractivity contribution in [3.63, 3.8) is 0 Å². The van der Waals surface area contributed by atoms with Gasteiger partial charge in [-0.1, -0.05) is 231 Å². The molecule has 1 aromatic heterocycles.